The van der Waals surface area contributed by atoms with Crippen LogP contribution in [0.2, 0.25) is 0 Å². The van der Waals surface area contributed by atoms with Gasteiger partial charge < -0.3 is 14.4 Å². The summed E-state index contributed by atoms with van der Waals surface area (Å²) in [6.07, 6.45) is 1.08. The van der Waals surface area contributed by atoms with Crippen LogP contribution in [0.15, 0.2) is 66.7 Å². The highest BCUT2D eigenvalue weighted by atomic mass is 16.5. The van der Waals surface area contributed by atoms with Crippen molar-refractivity contribution in [2.75, 3.05) is 25.7 Å². The van der Waals surface area contributed by atoms with E-state index in [-0.39, 0.29) is 5.97 Å². The highest BCUT2D eigenvalue weighted by Crippen LogP contribution is 2.25. The molecule has 0 N–H and O–H groups in total. The van der Waals surface area contributed by atoms with Crippen LogP contribution in [-0.4, -0.2) is 31.7 Å². The zero-order valence-corrected chi connectivity index (χ0v) is 17.8. The Morgan fingerprint density at radius 3 is 2.40 bits per heavy atom. The van der Waals surface area contributed by atoms with Crippen molar-refractivity contribution >= 4 is 11.7 Å². The Morgan fingerprint density at radius 1 is 1.00 bits per heavy atom. The third kappa shape index (κ3) is 5.60. The summed E-state index contributed by atoms with van der Waals surface area (Å²) >= 11 is 0. The number of benzene rings is 2. The largest absolute Gasteiger partial charge is 0.481 e. The third-order valence-corrected chi connectivity index (χ3v) is 4.91. The van der Waals surface area contributed by atoms with Gasteiger partial charge in [0.2, 0.25) is 5.88 Å². The maximum Gasteiger partial charge on any atom is 0.306 e. The van der Waals surface area contributed by atoms with Crippen molar-refractivity contribution in [2.24, 2.45) is 0 Å². The summed E-state index contributed by atoms with van der Waals surface area (Å²) in [5, 5.41) is 0. The Kier molecular flexibility index (Phi) is 7.44. The number of carbonyl (C=O) groups excluding carboxylic acids is 1. The van der Waals surface area contributed by atoms with Crippen LogP contribution in [0.1, 0.15) is 24.5 Å². The number of nitrogens with zero attached hydrogens (tertiary/aromatic N) is 2. The fourth-order valence-corrected chi connectivity index (χ4v) is 3.28. The fraction of sp³-hybridized carbons (Fsp3) is 0.280. The molecule has 1 heterocycles. The van der Waals surface area contributed by atoms with Crippen LogP contribution in [0.25, 0.3) is 11.3 Å². The Labute approximate surface area is 178 Å². The van der Waals surface area contributed by atoms with Gasteiger partial charge in [-0.1, -0.05) is 42.5 Å². The van der Waals surface area contributed by atoms with Gasteiger partial charge in [0.15, 0.2) is 0 Å². The first-order valence-corrected chi connectivity index (χ1v) is 10.2. The Bertz CT molecular complexity index is 956. The standard InChI is InChI=1S/C25H28N2O3/c1-4-30-24(28)17-12-19-10-14-22(15-11-19)27(2)18-21-13-16-23(26-25(21)29-3)20-8-6-5-7-9-20/h5-11,13-16H,4,12,17-18H2,1-3H3. The minimum Gasteiger partial charge on any atom is -0.481 e. The minimum absolute atomic E-state index is 0.155. The normalized spacial score (nSPS) is 10.5. The van der Waals surface area contributed by atoms with Gasteiger partial charge in [-0.25, -0.2) is 4.98 Å². The summed E-state index contributed by atoms with van der Waals surface area (Å²) in [4.78, 5) is 18.4. The second-order valence-corrected chi connectivity index (χ2v) is 7.06. The first-order chi connectivity index (χ1) is 14.6. The van der Waals surface area contributed by atoms with Gasteiger partial charge in [0, 0.05) is 36.8 Å². The number of hydrogen-bond donors (Lipinski definition) is 0. The molecule has 0 aliphatic rings. The maximum atomic E-state index is 11.5. The summed E-state index contributed by atoms with van der Waals surface area (Å²) in [5.74, 6) is 0.478. The second-order valence-electron chi connectivity index (χ2n) is 7.06. The van der Waals surface area contributed by atoms with Crippen molar-refractivity contribution < 1.29 is 14.3 Å². The molecule has 0 fully saturated rings. The number of aromatic nitrogens is 1. The average Bonchev–Trinajstić information content (AvgIpc) is 2.79. The van der Waals surface area contributed by atoms with Gasteiger partial charge in [-0.05, 0) is 43.2 Å². The molecular formula is C25H28N2O3. The molecule has 0 unspecified atom stereocenters. The van der Waals surface area contributed by atoms with E-state index in [4.69, 9.17) is 9.47 Å². The summed E-state index contributed by atoms with van der Waals surface area (Å²) in [6, 6.07) is 22.4. The molecule has 3 rings (SSSR count). The lowest BCUT2D eigenvalue weighted by atomic mass is 10.1. The van der Waals surface area contributed by atoms with Gasteiger partial charge in [-0.3, -0.25) is 4.79 Å². The topological polar surface area (TPSA) is 51.7 Å². The highest BCUT2D eigenvalue weighted by Gasteiger charge is 2.11. The fourth-order valence-electron chi connectivity index (χ4n) is 3.28. The van der Waals surface area contributed by atoms with Crippen molar-refractivity contribution in [3.8, 4) is 17.1 Å². The molecule has 1 aromatic heterocycles. The molecule has 0 radical (unpaired) electrons. The van der Waals surface area contributed by atoms with E-state index < -0.39 is 0 Å². The van der Waals surface area contributed by atoms with E-state index >= 15 is 0 Å². The molecular weight excluding hydrogens is 376 g/mol. The minimum atomic E-state index is -0.155. The van der Waals surface area contributed by atoms with Crippen molar-refractivity contribution in [3.05, 3.63) is 77.9 Å². The number of aryl methyl sites for hydroxylation is 1. The lowest BCUT2D eigenvalue weighted by molar-refractivity contribution is -0.143. The van der Waals surface area contributed by atoms with E-state index in [9.17, 15) is 4.79 Å². The molecule has 156 valence electrons. The molecule has 0 aliphatic carbocycles. The predicted octanol–water partition coefficient (Wildman–Crippen LogP) is 4.89. The lowest BCUT2D eigenvalue weighted by Gasteiger charge is -2.21. The van der Waals surface area contributed by atoms with Crippen LogP contribution in [-0.2, 0) is 22.5 Å². The summed E-state index contributed by atoms with van der Waals surface area (Å²) < 4.78 is 10.5. The van der Waals surface area contributed by atoms with E-state index in [2.05, 4.69) is 40.2 Å². The molecule has 0 bridgehead atoms. The quantitative estimate of drug-likeness (QED) is 0.475. The van der Waals surface area contributed by atoms with Crippen molar-refractivity contribution in [2.45, 2.75) is 26.3 Å². The molecule has 0 aliphatic heterocycles. The van der Waals surface area contributed by atoms with Gasteiger partial charge in [-0.15, -0.1) is 0 Å². The van der Waals surface area contributed by atoms with Crippen molar-refractivity contribution in [1.29, 1.82) is 0 Å². The first kappa shape index (κ1) is 21.4. The molecule has 0 amide bonds. The monoisotopic (exact) mass is 404 g/mol. The molecule has 0 saturated heterocycles. The Morgan fingerprint density at radius 2 is 1.73 bits per heavy atom. The van der Waals surface area contributed by atoms with Crippen LogP contribution in [0.3, 0.4) is 0 Å². The number of carbonyl (C=O) groups is 1. The van der Waals surface area contributed by atoms with Gasteiger partial charge in [0.05, 0.1) is 19.4 Å². The Balaban J connectivity index is 1.66. The summed E-state index contributed by atoms with van der Waals surface area (Å²) in [5.41, 5.74) is 5.18. The average molecular weight is 405 g/mol. The van der Waals surface area contributed by atoms with Gasteiger partial charge in [0.25, 0.3) is 0 Å². The van der Waals surface area contributed by atoms with Gasteiger partial charge in [-0.2, -0.15) is 0 Å². The molecule has 0 spiro atoms. The number of pyridine rings is 1. The highest BCUT2D eigenvalue weighted by molar-refractivity contribution is 5.69. The van der Waals surface area contributed by atoms with Crippen LogP contribution in [0.5, 0.6) is 5.88 Å². The number of ether oxygens (including phenoxy) is 2. The zero-order chi connectivity index (χ0) is 21.3. The molecule has 5 heteroatoms. The summed E-state index contributed by atoms with van der Waals surface area (Å²) in [6.45, 7) is 2.92. The van der Waals surface area contributed by atoms with E-state index in [1.54, 1.807) is 7.11 Å². The molecule has 2 aromatic carbocycles. The van der Waals surface area contributed by atoms with Crippen molar-refractivity contribution in [3.63, 3.8) is 0 Å². The van der Waals surface area contributed by atoms with Gasteiger partial charge in [0.1, 0.15) is 0 Å². The maximum absolute atomic E-state index is 11.5. The van der Waals surface area contributed by atoms with Gasteiger partial charge >= 0.3 is 5.97 Å². The van der Waals surface area contributed by atoms with Crippen molar-refractivity contribution in [1.82, 2.24) is 4.98 Å². The van der Waals surface area contributed by atoms with Crippen LogP contribution >= 0.6 is 0 Å². The molecule has 5 nitrogen and oxygen atoms in total. The van der Waals surface area contributed by atoms with E-state index in [0.29, 0.717) is 31.9 Å². The zero-order valence-electron chi connectivity index (χ0n) is 17.8. The smallest absolute Gasteiger partial charge is 0.306 e. The second kappa shape index (κ2) is 10.4. The molecule has 0 saturated carbocycles. The Hall–Kier alpha value is -3.34. The van der Waals surface area contributed by atoms with Crippen LogP contribution in [0, 0.1) is 0 Å². The van der Waals surface area contributed by atoms with E-state index in [1.807, 2.05) is 50.4 Å². The van der Waals surface area contributed by atoms with E-state index in [1.165, 1.54) is 0 Å². The van der Waals surface area contributed by atoms with Crippen LogP contribution in [0.4, 0.5) is 5.69 Å². The summed E-state index contributed by atoms with van der Waals surface area (Å²) in [7, 11) is 3.69. The number of esters is 1. The van der Waals surface area contributed by atoms with E-state index in [0.717, 1.165) is 28.1 Å². The molecule has 0 atom stereocenters. The number of methoxy groups -OCH3 is 1. The SMILES string of the molecule is CCOC(=O)CCc1ccc(N(C)Cc2ccc(-c3ccccc3)nc2OC)cc1. The molecule has 30 heavy (non-hydrogen) atoms. The number of hydrogen-bond acceptors (Lipinski definition) is 5. The first-order valence-electron chi connectivity index (χ1n) is 10.2. The van der Waals surface area contributed by atoms with Crippen LogP contribution < -0.4 is 9.64 Å². The molecule has 3 aromatic rings. The number of anilines is 1. The third-order valence-electron chi connectivity index (χ3n) is 4.91. The number of rotatable bonds is 9. The predicted molar refractivity (Wildman–Crippen MR) is 120 cm³/mol. The lowest BCUT2D eigenvalue weighted by Crippen LogP contribution is -2.17.